The van der Waals surface area contributed by atoms with Crippen molar-refractivity contribution in [2.24, 2.45) is 0 Å². The second-order valence-corrected chi connectivity index (χ2v) is 19.8. The SMILES string of the molecule is Cc1ccc(C(=O)Nc2ccc(F)cc2)cc1-c1nc(NCCN(C)C)nc2c1ccc(=O)n2-c1c(F)cccc1F.Cc1ccc(C(=O)Nc2ccc(F)cc2)cc1-c1nc(S(C)=O)nc2c1ccc(=O)n2-c1c(F)cccc1F. The van der Waals surface area contributed by atoms with Crippen molar-refractivity contribution in [1.29, 1.82) is 0 Å². The van der Waals surface area contributed by atoms with E-state index in [-0.39, 0.29) is 39.0 Å². The maximum Gasteiger partial charge on any atom is 0.256 e. The van der Waals surface area contributed by atoms with Crippen LogP contribution in [0.5, 0.6) is 0 Å². The van der Waals surface area contributed by atoms with Crippen molar-refractivity contribution in [2.75, 3.05) is 49.4 Å². The molecule has 3 N–H and O–H groups in total. The zero-order chi connectivity index (χ0) is 57.8. The number of pyridine rings is 2. The van der Waals surface area contributed by atoms with Gasteiger partial charge in [0.25, 0.3) is 22.9 Å². The van der Waals surface area contributed by atoms with Gasteiger partial charge in [-0.1, -0.05) is 24.3 Å². The van der Waals surface area contributed by atoms with Gasteiger partial charge >= 0.3 is 0 Å². The molecule has 1 unspecified atom stereocenters. The number of likely N-dealkylation sites (N-methyl/N-ethyl adjacent to an activating group) is 1. The van der Waals surface area contributed by atoms with E-state index < -0.39 is 80.0 Å². The lowest BCUT2D eigenvalue weighted by Crippen LogP contribution is -2.23. The molecule has 10 rings (SSSR count). The summed E-state index contributed by atoms with van der Waals surface area (Å²) in [5.74, 6) is -5.48. The van der Waals surface area contributed by atoms with Gasteiger partial charge in [-0.25, -0.2) is 41.3 Å². The van der Waals surface area contributed by atoms with Gasteiger partial charge in [0.2, 0.25) is 11.1 Å². The molecular formula is C59H46F6N10O5S. The Labute approximate surface area is 460 Å². The van der Waals surface area contributed by atoms with Crippen LogP contribution in [0.25, 0.3) is 56.0 Å². The van der Waals surface area contributed by atoms with Gasteiger partial charge < -0.3 is 20.9 Å². The van der Waals surface area contributed by atoms with Crippen LogP contribution in [0, 0.1) is 48.8 Å². The smallest absolute Gasteiger partial charge is 0.256 e. The van der Waals surface area contributed by atoms with Crippen molar-refractivity contribution in [1.82, 2.24) is 34.0 Å². The van der Waals surface area contributed by atoms with E-state index in [1.54, 1.807) is 43.3 Å². The second-order valence-electron chi connectivity index (χ2n) is 18.5. The van der Waals surface area contributed by atoms with Crippen LogP contribution in [-0.2, 0) is 10.8 Å². The minimum atomic E-state index is -1.74. The minimum Gasteiger partial charge on any atom is -0.353 e. The molecule has 4 heterocycles. The van der Waals surface area contributed by atoms with Crippen molar-refractivity contribution in [3.8, 4) is 33.9 Å². The van der Waals surface area contributed by atoms with Crippen molar-refractivity contribution in [3.63, 3.8) is 0 Å². The first-order valence-corrected chi connectivity index (χ1v) is 26.2. The van der Waals surface area contributed by atoms with Crippen molar-refractivity contribution in [3.05, 3.63) is 223 Å². The van der Waals surface area contributed by atoms with E-state index in [2.05, 4.69) is 30.9 Å². The quantitative estimate of drug-likeness (QED) is 0.0737. The second kappa shape index (κ2) is 23.7. The van der Waals surface area contributed by atoms with E-state index in [1.165, 1.54) is 85.1 Å². The van der Waals surface area contributed by atoms with Crippen LogP contribution in [0.15, 0.2) is 160 Å². The van der Waals surface area contributed by atoms with E-state index in [0.29, 0.717) is 57.8 Å². The molecule has 2 amide bonds. The Bertz CT molecular complexity index is 4220. The Hall–Kier alpha value is -9.67. The topological polar surface area (TPSA) is 186 Å². The summed E-state index contributed by atoms with van der Waals surface area (Å²) in [4.78, 5) is 71.9. The molecule has 0 radical (unpaired) electrons. The minimum absolute atomic E-state index is 0.00980. The van der Waals surface area contributed by atoms with Gasteiger partial charge in [0.05, 0.1) is 22.2 Å². The van der Waals surface area contributed by atoms with Crippen LogP contribution in [0.4, 0.5) is 43.7 Å². The highest BCUT2D eigenvalue weighted by atomic mass is 32.2. The lowest BCUT2D eigenvalue weighted by atomic mass is 9.99. The van der Waals surface area contributed by atoms with E-state index in [1.807, 2.05) is 25.9 Å². The maximum atomic E-state index is 14.9. The average molecular weight is 1120 g/mol. The van der Waals surface area contributed by atoms with Gasteiger partial charge in [0.15, 0.2) is 11.3 Å². The molecule has 0 saturated heterocycles. The van der Waals surface area contributed by atoms with Crippen molar-refractivity contribution >= 4 is 62.0 Å². The number of anilines is 3. The number of nitrogens with one attached hydrogen (secondary N) is 3. The van der Waals surface area contributed by atoms with Gasteiger partial charge in [-0.05, 0) is 148 Å². The summed E-state index contributed by atoms with van der Waals surface area (Å²) >= 11 is 0. The first kappa shape index (κ1) is 56.1. The average Bonchev–Trinajstić information content (AvgIpc) is 3.63. The molecule has 6 aromatic carbocycles. The molecule has 22 heteroatoms. The number of aryl methyl sites for hydroxylation is 2. The zero-order valence-corrected chi connectivity index (χ0v) is 44.4. The van der Waals surface area contributed by atoms with Gasteiger partial charge in [0, 0.05) is 75.9 Å². The molecule has 0 aliphatic carbocycles. The van der Waals surface area contributed by atoms with Crippen LogP contribution in [0.1, 0.15) is 31.8 Å². The number of hydrogen-bond acceptors (Lipinski definition) is 11. The molecule has 0 fully saturated rings. The molecular weight excluding hydrogens is 1070 g/mol. The van der Waals surface area contributed by atoms with Crippen LogP contribution in [0.3, 0.4) is 0 Å². The zero-order valence-electron chi connectivity index (χ0n) is 43.6. The number of rotatable bonds is 13. The fourth-order valence-electron chi connectivity index (χ4n) is 8.57. The number of carbonyl (C=O) groups excluding carboxylic acids is 2. The number of fused-ring (bicyclic) bond motifs is 2. The molecule has 0 spiro atoms. The molecule has 4 aromatic heterocycles. The molecule has 0 bridgehead atoms. The first-order chi connectivity index (χ1) is 38.8. The van der Waals surface area contributed by atoms with Crippen molar-refractivity contribution in [2.45, 2.75) is 19.0 Å². The normalized spacial score (nSPS) is 11.6. The molecule has 0 aliphatic heterocycles. The number of para-hydroxylation sites is 2. The summed E-state index contributed by atoms with van der Waals surface area (Å²) in [7, 11) is 2.07. The standard InChI is InChI=1S/C31H27F3N6O2.C28H19F3N4O3S/c1-18-7-8-19(30(42)36-21-11-9-20(32)10-12-21)17-23(18)27-22-13-14-26(41)40(28-24(33)5-4-6-25(28)34)29(22)38-31(37-27)35-15-16-39(2)3;1-15-6-7-16(27(37)32-18-10-8-17(29)9-11-18)14-20(15)24-19-12-13-23(36)35(25-21(30)4-3-5-22(25)31)26(19)34-28(33-24)39(2)38/h4-14,17H,15-16H2,1-3H3,(H,36,42)(H,35,37,38);3-14H,1-2H3,(H,32,37). The summed E-state index contributed by atoms with van der Waals surface area (Å²) in [6.45, 7) is 4.68. The largest absolute Gasteiger partial charge is 0.353 e. The summed E-state index contributed by atoms with van der Waals surface area (Å²) in [6.07, 6.45) is 1.33. The Morgan fingerprint density at radius 2 is 0.963 bits per heavy atom. The molecule has 15 nitrogen and oxygen atoms in total. The Kier molecular flexibility index (Phi) is 16.4. The maximum absolute atomic E-state index is 14.9. The number of aromatic nitrogens is 6. The molecule has 10 aromatic rings. The fraction of sp³-hybridized carbons (Fsp3) is 0.119. The Balaban J connectivity index is 0.000000196. The van der Waals surface area contributed by atoms with Gasteiger partial charge in [-0.15, -0.1) is 0 Å². The fourth-order valence-corrected chi connectivity index (χ4v) is 9.00. The molecule has 0 saturated carbocycles. The summed E-state index contributed by atoms with van der Waals surface area (Å²) in [5, 5.41) is 8.96. The van der Waals surface area contributed by atoms with Crippen LogP contribution in [-0.4, -0.2) is 83.4 Å². The number of hydrogen-bond donors (Lipinski definition) is 3. The highest BCUT2D eigenvalue weighted by molar-refractivity contribution is 7.84. The van der Waals surface area contributed by atoms with E-state index >= 15 is 0 Å². The highest BCUT2D eigenvalue weighted by Gasteiger charge is 2.24. The predicted molar refractivity (Wildman–Crippen MR) is 299 cm³/mol. The van der Waals surface area contributed by atoms with Gasteiger partial charge in [0.1, 0.15) is 46.3 Å². The third-order valence-electron chi connectivity index (χ3n) is 12.6. The number of benzene rings is 6. The monoisotopic (exact) mass is 1120 g/mol. The summed E-state index contributed by atoms with van der Waals surface area (Å²) in [5.41, 5.74) is 1.53. The van der Waals surface area contributed by atoms with Crippen LogP contribution >= 0.6 is 0 Å². The predicted octanol–water partition coefficient (Wildman–Crippen LogP) is 10.6. The number of halogens is 6. The third kappa shape index (κ3) is 12.2. The summed E-state index contributed by atoms with van der Waals surface area (Å²) < 4.78 is 100. The van der Waals surface area contributed by atoms with Crippen LogP contribution in [0.2, 0.25) is 0 Å². The number of carbonyl (C=O) groups is 2. The number of amides is 2. The molecule has 1 atom stereocenters. The lowest BCUT2D eigenvalue weighted by Gasteiger charge is -2.17. The lowest BCUT2D eigenvalue weighted by molar-refractivity contribution is 0.101. The molecule has 410 valence electrons. The molecule has 0 aliphatic rings. The van der Waals surface area contributed by atoms with E-state index in [4.69, 9.17) is 4.98 Å². The third-order valence-corrected chi connectivity index (χ3v) is 13.3. The van der Waals surface area contributed by atoms with Crippen molar-refractivity contribution < 1.29 is 40.1 Å². The van der Waals surface area contributed by atoms with E-state index in [0.717, 1.165) is 45.0 Å². The first-order valence-electron chi connectivity index (χ1n) is 24.6. The van der Waals surface area contributed by atoms with Crippen LogP contribution < -0.4 is 27.1 Å². The highest BCUT2D eigenvalue weighted by Crippen LogP contribution is 2.34. The summed E-state index contributed by atoms with van der Waals surface area (Å²) in [6, 6.07) is 32.3. The molecule has 81 heavy (non-hydrogen) atoms. The Morgan fingerprint density at radius 3 is 1.38 bits per heavy atom. The van der Waals surface area contributed by atoms with Gasteiger partial charge in [-0.2, -0.15) is 4.98 Å². The van der Waals surface area contributed by atoms with E-state index in [9.17, 15) is 49.7 Å². The van der Waals surface area contributed by atoms with Gasteiger partial charge in [-0.3, -0.25) is 32.5 Å². The number of nitrogens with zero attached hydrogens (tertiary/aromatic N) is 7. The Morgan fingerprint density at radius 1 is 0.543 bits per heavy atom.